The zero-order valence-electron chi connectivity index (χ0n) is 14.4. The van der Waals surface area contributed by atoms with E-state index in [0.29, 0.717) is 42.5 Å². The number of carbonyl (C=O) groups excluding carboxylic acids is 2. The number of hydrogen-bond donors (Lipinski definition) is 1. The summed E-state index contributed by atoms with van der Waals surface area (Å²) in [4.78, 5) is 25.9. The minimum Gasteiger partial charge on any atom is -0.492 e. The van der Waals surface area contributed by atoms with Gasteiger partial charge < -0.3 is 15.0 Å². The van der Waals surface area contributed by atoms with Crippen molar-refractivity contribution >= 4 is 23.4 Å². The Morgan fingerprint density at radius 2 is 2.00 bits per heavy atom. The number of nitrogens with one attached hydrogen (secondary N) is 1. The summed E-state index contributed by atoms with van der Waals surface area (Å²) < 4.78 is 5.55. The SMILES string of the molecule is O=C(NCCOc1ccc(Cl)cc1)c1cccc(CN2CCCC2=O)c1. The topological polar surface area (TPSA) is 58.6 Å². The Bertz CT molecular complexity index is 777. The predicted octanol–water partition coefficient (Wildman–Crippen LogP) is 3.27. The average molecular weight is 373 g/mol. The van der Waals surface area contributed by atoms with E-state index in [9.17, 15) is 9.59 Å². The van der Waals surface area contributed by atoms with Crippen molar-refractivity contribution in [3.05, 3.63) is 64.7 Å². The van der Waals surface area contributed by atoms with E-state index in [2.05, 4.69) is 5.32 Å². The van der Waals surface area contributed by atoms with Crippen LogP contribution in [0.25, 0.3) is 0 Å². The standard InChI is InChI=1S/C20H21ClN2O3/c21-17-6-8-18(9-7-17)26-12-10-22-20(25)16-4-1-3-15(13-16)14-23-11-2-5-19(23)24/h1,3-4,6-9,13H,2,5,10-12,14H2,(H,22,25). The molecule has 1 N–H and O–H groups in total. The van der Waals surface area contributed by atoms with Crippen LogP contribution in [0.1, 0.15) is 28.8 Å². The number of amides is 2. The van der Waals surface area contributed by atoms with E-state index >= 15 is 0 Å². The van der Waals surface area contributed by atoms with Crippen LogP contribution in [0, 0.1) is 0 Å². The Balaban J connectivity index is 1.47. The summed E-state index contributed by atoms with van der Waals surface area (Å²) in [6, 6.07) is 14.5. The number of carbonyl (C=O) groups is 2. The molecular formula is C20H21ClN2O3. The molecule has 1 heterocycles. The predicted molar refractivity (Wildman–Crippen MR) is 100 cm³/mol. The van der Waals surface area contributed by atoms with Crippen molar-refractivity contribution in [2.45, 2.75) is 19.4 Å². The Labute approximate surface area is 157 Å². The van der Waals surface area contributed by atoms with Gasteiger partial charge in [-0.05, 0) is 48.4 Å². The highest BCUT2D eigenvalue weighted by Crippen LogP contribution is 2.16. The summed E-state index contributed by atoms with van der Waals surface area (Å²) in [6.07, 6.45) is 1.53. The molecule has 2 amide bonds. The van der Waals surface area contributed by atoms with Gasteiger partial charge in [0.05, 0.1) is 6.54 Å². The first kappa shape index (κ1) is 18.3. The largest absolute Gasteiger partial charge is 0.492 e. The number of nitrogens with zero attached hydrogens (tertiary/aromatic N) is 1. The molecule has 0 aliphatic carbocycles. The van der Waals surface area contributed by atoms with E-state index in [-0.39, 0.29) is 11.8 Å². The Kier molecular flexibility index (Phi) is 6.12. The molecular weight excluding hydrogens is 352 g/mol. The molecule has 3 rings (SSSR count). The molecule has 2 aromatic carbocycles. The van der Waals surface area contributed by atoms with Gasteiger partial charge in [0.15, 0.2) is 0 Å². The summed E-state index contributed by atoms with van der Waals surface area (Å²) in [6.45, 7) is 2.11. The number of hydrogen-bond acceptors (Lipinski definition) is 3. The average Bonchev–Trinajstić information content (AvgIpc) is 3.05. The van der Waals surface area contributed by atoms with Crippen molar-refractivity contribution in [2.75, 3.05) is 19.7 Å². The van der Waals surface area contributed by atoms with Gasteiger partial charge in [-0.2, -0.15) is 0 Å². The zero-order chi connectivity index (χ0) is 18.4. The van der Waals surface area contributed by atoms with Gasteiger partial charge in [-0.15, -0.1) is 0 Å². The molecule has 26 heavy (non-hydrogen) atoms. The highest BCUT2D eigenvalue weighted by molar-refractivity contribution is 6.30. The van der Waals surface area contributed by atoms with E-state index < -0.39 is 0 Å². The van der Waals surface area contributed by atoms with Gasteiger partial charge in [0, 0.05) is 30.1 Å². The lowest BCUT2D eigenvalue weighted by molar-refractivity contribution is -0.128. The highest BCUT2D eigenvalue weighted by Gasteiger charge is 2.20. The molecule has 0 saturated carbocycles. The monoisotopic (exact) mass is 372 g/mol. The smallest absolute Gasteiger partial charge is 0.251 e. The molecule has 2 aromatic rings. The van der Waals surface area contributed by atoms with Crippen LogP contribution in [0.5, 0.6) is 5.75 Å². The van der Waals surface area contributed by atoms with Crippen LogP contribution < -0.4 is 10.1 Å². The van der Waals surface area contributed by atoms with Crippen LogP contribution in [-0.4, -0.2) is 36.4 Å². The van der Waals surface area contributed by atoms with E-state index in [1.165, 1.54) is 0 Å². The first-order chi connectivity index (χ1) is 12.6. The molecule has 136 valence electrons. The maximum atomic E-state index is 12.3. The van der Waals surface area contributed by atoms with Gasteiger partial charge in [-0.25, -0.2) is 0 Å². The first-order valence-electron chi connectivity index (χ1n) is 8.65. The summed E-state index contributed by atoms with van der Waals surface area (Å²) >= 11 is 5.82. The molecule has 0 aromatic heterocycles. The quantitative estimate of drug-likeness (QED) is 0.759. The van der Waals surface area contributed by atoms with Crippen LogP contribution in [0.15, 0.2) is 48.5 Å². The highest BCUT2D eigenvalue weighted by atomic mass is 35.5. The minimum absolute atomic E-state index is 0.153. The molecule has 0 radical (unpaired) electrons. The zero-order valence-corrected chi connectivity index (χ0v) is 15.2. The molecule has 1 fully saturated rings. The summed E-state index contributed by atoms with van der Waals surface area (Å²) in [7, 11) is 0. The second kappa shape index (κ2) is 8.72. The Hall–Kier alpha value is -2.53. The molecule has 1 aliphatic heterocycles. The summed E-state index contributed by atoms with van der Waals surface area (Å²) in [5.41, 5.74) is 1.55. The first-order valence-corrected chi connectivity index (χ1v) is 9.03. The van der Waals surface area contributed by atoms with Crippen LogP contribution in [0.4, 0.5) is 0 Å². The van der Waals surface area contributed by atoms with Crippen molar-refractivity contribution in [3.8, 4) is 5.75 Å². The van der Waals surface area contributed by atoms with Gasteiger partial charge in [0.2, 0.25) is 5.91 Å². The third kappa shape index (κ3) is 4.99. The molecule has 0 spiro atoms. The fraction of sp³-hybridized carbons (Fsp3) is 0.300. The van der Waals surface area contributed by atoms with E-state index in [1.807, 2.05) is 23.1 Å². The number of halogens is 1. The lowest BCUT2D eigenvalue weighted by Gasteiger charge is -2.16. The minimum atomic E-state index is -0.153. The maximum absolute atomic E-state index is 12.3. The second-order valence-electron chi connectivity index (χ2n) is 6.18. The number of benzene rings is 2. The van der Waals surface area contributed by atoms with Gasteiger partial charge in [-0.1, -0.05) is 23.7 Å². The number of rotatable bonds is 7. The molecule has 1 aliphatic rings. The van der Waals surface area contributed by atoms with Crippen LogP contribution >= 0.6 is 11.6 Å². The Morgan fingerprint density at radius 3 is 2.73 bits per heavy atom. The second-order valence-corrected chi connectivity index (χ2v) is 6.61. The number of ether oxygens (including phenoxy) is 1. The summed E-state index contributed by atoms with van der Waals surface area (Å²) in [5.74, 6) is 0.736. The van der Waals surface area contributed by atoms with Crippen molar-refractivity contribution in [2.24, 2.45) is 0 Å². The van der Waals surface area contributed by atoms with Crippen molar-refractivity contribution in [1.82, 2.24) is 10.2 Å². The lowest BCUT2D eigenvalue weighted by atomic mass is 10.1. The molecule has 0 atom stereocenters. The van der Waals surface area contributed by atoms with Crippen molar-refractivity contribution in [3.63, 3.8) is 0 Å². The Morgan fingerprint density at radius 1 is 1.19 bits per heavy atom. The van der Waals surface area contributed by atoms with Gasteiger partial charge in [-0.3, -0.25) is 9.59 Å². The molecule has 6 heteroatoms. The van der Waals surface area contributed by atoms with E-state index in [4.69, 9.17) is 16.3 Å². The number of likely N-dealkylation sites (tertiary alicyclic amines) is 1. The fourth-order valence-electron chi connectivity index (χ4n) is 2.87. The van der Waals surface area contributed by atoms with Gasteiger partial charge in [0.25, 0.3) is 5.91 Å². The molecule has 1 saturated heterocycles. The molecule has 5 nitrogen and oxygen atoms in total. The fourth-order valence-corrected chi connectivity index (χ4v) is 2.99. The van der Waals surface area contributed by atoms with E-state index in [1.54, 1.807) is 30.3 Å². The molecule has 0 bridgehead atoms. The lowest BCUT2D eigenvalue weighted by Crippen LogP contribution is -2.28. The van der Waals surface area contributed by atoms with Crippen molar-refractivity contribution in [1.29, 1.82) is 0 Å². The molecule has 0 unspecified atom stereocenters. The van der Waals surface area contributed by atoms with Crippen molar-refractivity contribution < 1.29 is 14.3 Å². The van der Waals surface area contributed by atoms with Crippen LogP contribution in [0.3, 0.4) is 0 Å². The van der Waals surface area contributed by atoms with Crippen LogP contribution in [-0.2, 0) is 11.3 Å². The third-order valence-electron chi connectivity index (χ3n) is 4.20. The van der Waals surface area contributed by atoms with E-state index in [0.717, 1.165) is 18.5 Å². The van der Waals surface area contributed by atoms with Crippen LogP contribution in [0.2, 0.25) is 5.02 Å². The summed E-state index contributed by atoms with van der Waals surface area (Å²) in [5, 5.41) is 3.49. The van der Waals surface area contributed by atoms with Gasteiger partial charge >= 0.3 is 0 Å². The normalized spacial score (nSPS) is 13.7. The third-order valence-corrected chi connectivity index (χ3v) is 4.46. The van der Waals surface area contributed by atoms with Gasteiger partial charge in [0.1, 0.15) is 12.4 Å². The maximum Gasteiger partial charge on any atom is 0.251 e.